The van der Waals surface area contributed by atoms with E-state index in [1.54, 1.807) is 0 Å². The van der Waals surface area contributed by atoms with Crippen molar-refractivity contribution in [3.8, 4) is 0 Å². The predicted molar refractivity (Wildman–Crippen MR) is 84.2 cm³/mol. The minimum atomic E-state index is 0.730. The number of aryl methyl sites for hydroxylation is 1. The molecular formula is C16H18N4. The summed E-state index contributed by atoms with van der Waals surface area (Å²) in [6.45, 7) is 2.19. The first-order chi connectivity index (χ1) is 9.74. The molecule has 102 valence electrons. The lowest BCUT2D eigenvalue weighted by atomic mass is 10.1. The molecule has 0 bridgehead atoms. The lowest BCUT2D eigenvalue weighted by Crippen LogP contribution is -1.92. The standard InChI is InChI=1S/C16H18N4/c1-2-3-11-4-7-13(8-5-11)18-16-19-14-9-6-12(17)10-15(14)20-16/h4-10H,2-3,17H2,1H3,(H2,18,19,20). The van der Waals surface area contributed by atoms with Gasteiger partial charge in [-0.1, -0.05) is 25.5 Å². The summed E-state index contributed by atoms with van der Waals surface area (Å²) in [6, 6.07) is 14.1. The topological polar surface area (TPSA) is 66.7 Å². The summed E-state index contributed by atoms with van der Waals surface area (Å²) in [4.78, 5) is 7.71. The Balaban J connectivity index is 1.81. The molecule has 0 atom stereocenters. The highest BCUT2D eigenvalue weighted by Gasteiger charge is 2.03. The van der Waals surface area contributed by atoms with Crippen LogP contribution in [0.3, 0.4) is 0 Å². The highest BCUT2D eigenvalue weighted by molar-refractivity contribution is 5.81. The number of fused-ring (bicyclic) bond motifs is 1. The number of rotatable bonds is 4. The number of nitrogens with zero attached hydrogens (tertiary/aromatic N) is 1. The van der Waals surface area contributed by atoms with Gasteiger partial charge in [0, 0.05) is 11.4 Å². The van der Waals surface area contributed by atoms with E-state index in [2.05, 4.69) is 46.5 Å². The molecule has 0 aliphatic rings. The maximum atomic E-state index is 5.76. The van der Waals surface area contributed by atoms with Gasteiger partial charge < -0.3 is 16.0 Å². The van der Waals surface area contributed by atoms with E-state index < -0.39 is 0 Å². The molecule has 4 nitrogen and oxygen atoms in total. The van der Waals surface area contributed by atoms with Crippen LogP contribution in [0.25, 0.3) is 11.0 Å². The molecule has 1 heterocycles. The molecule has 0 fully saturated rings. The van der Waals surface area contributed by atoms with Crippen molar-refractivity contribution in [3.63, 3.8) is 0 Å². The Kier molecular flexibility index (Phi) is 3.29. The molecule has 0 unspecified atom stereocenters. The Labute approximate surface area is 118 Å². The fourth-order valence-electron chi connectivity index (χ4n) is 2.27. The smallest absolute Gasteiger partial charge is 0.205 e. The van der Waals surface area contributed by atoms with Crippen LogP contribution in [-0.4, -0.2) is 9.97 Å². The zero-order valence-corrected chi connectivity index (χ0v) is 11.5. The number of aromatic amines is 1. The van der Waals surface area contributed by atoms with Crippen LogP contribution >= 0.6 is 0 Å². The summed E-state index contributed by atoms with van der Waals surface area (Å²) in [5.74, 6) is 0.730. The number of aromatic nitrogens is 2. The third-order valence-corrected chi connectivity index (χ3v) is 3.26. The van der Waals surface area contributed by atoms with Crippen molar-refractivity contribution in [1.29, 1.82) is 0 Å². The first-order valence-corrected chi connectivity index (χ1v) is 6.86. The first kappa shape index (κ1) is 12.5. The predicted octanol–water partition coefficient (Wildman–Crippen LogP) is 3.84. The molecule has 4 heteroatoms. The molecule has 0 aliphatic carbocycles. The van der Waals surface area contributed by atoms with Crippen molar-refractivity contribution in [2.75, 3.05) is 11.1 Å². The Morgan fingerprint density at radius 3 is 2.70 bits per heavy atom. The molecule has 0 saturated heterocycles. The van der Waals surface area contributed by atoms with E-state index in [-0.39, 0.29) is 0 Å². The second-order valence-corrected chi connectivity index (χ2v) is 4.93. The van der Waals surface area contributed by atoms with Gasteiger partial charge in [-0.25, -0.2) is 4.98 Å². The van der Waals surface area contributed by atoms with Gasteiger partial charge in [0.05, 0.1) is 11.0 Å². The highest BCUT2D eigenvalue weighted by atomic mass is 15.1. The Morgan fingerprint density at radius 2 is 1.95 bits per heavy atom. The molecule has 0 aliphatic heterocycles. The van der Waals surface area contributed by atoms with Crippen LogP contribution in [0.4, 0.5) is 17.3 Å². The second kappa shape index (κ2) is 5.25. The summed E-state index contributed by atoms with van der Waals surface area (Å²) >= 11 is 0. The summed E-state index contributed by atoms with van der Waals surface area (Å²) < 4.78 is 0. The minimum Gasteiger partial charge on any atom is -0.399 e. The molecule has 1 aromatic heterocycles. The van der Waals surface area contributed by atoms with Gasteiger partial charge in [0.1, 0.15) is 0 Å². The van der Waals surface area contributed by atoms with Gasteiger partial charge in [-0.3, -0.25) is 0 Å². The van der Waals surface area contributed by atoms with E-state index in [1.807, 2.05) is 18.2 Å². The monoisotopic (exact) mass is 266 g/mol. The number of nitrogens with one attached hydrogen (secondary N) is 2. The van der Waals surface area contributed by atoms with Crippen LogP contribution < -0.4 is 11.1 Å². The van der Waals surface area contributed by atoms with Crippen LogP contribution in [-0.2, 0) is 6.42 Å². The summed E-state index contributed by atoms with van der Waals surface area (Å²) in [6.07, 6.45) is 2.28. The van der Waals surface area contributed by atoms with Crippen molar-refractivity contribution in [1.82, 2.24) is 9.97 Å². The van der Waals surface area contributed by atoms with Crippen molar-refractivity contribution in [2.45, 2.75) is 19.8 Å². The zero-order chi connectivity index (χ0) is 13.9. The van der Waals surface area contributed by atoms with Gasteiger partial charge in [0.15, 0.2) is 0 Å². The lowest BCUT2D eigenvalue weighted by Gasteiger charge is -2.04. The average molecular weight is 266 g/mol. The molecule has 20 heavy (non-hydrogen) atoms. The van der Waals surface area contributed by atoms with Crippen molar-refractivity contribution >= 4 is 28.4 Å². The highest BCUT2D eigenvalue weighted by Crippen LogP contribution is 2.20. The third-order valence-electron chi connectivity index (χ3n) is 3.26. The van der Waals surface area contributed by atoms with E-state index >= 15 is 0 Å². The zero-order valence-electron chi connectivity index (χ0n) is 11.5. The van der Waals surface area contributed by atoms with Crippen LogP contribution in [0, 0.1) is 0 Å². The van der Waals surface area contributed by atoms with Gasteiger partial charge in [-0.15, -0.1) is 0 Å². The van der Waals surface area contributed by atoms with E-state index in [1.165, 1.54) is 5.56 Å². The average Bonchev–Trinajstić information content (AvgIpc) is 2.82. The van der Waals surface area contributed by atoms with Crippen LogP contribution in [0.1, 0.15) is 18.9 Å². The number of benzene rings is 2. The molecular weight excluding hydrogens is 248 g/mol. The van der Waals surface area contributed by atoms with Crippen LogP contribution in [0.15, 0.2) is 42.5 Å². The maximum Gasteiger partial charge on any atom is 0.205 e. The Hall–Kier alpha value is -2.49. The number of hydrogen-bond donors (Lipinski definition) is 3. The molecule has 3 aromatic rings. The molecule has 0 radical (unpaired) electrons. The molecule has 0 spiro atoms. The van der Waals surface area contributed by atoms with Crippen molar-refractivity contribution in [3.05, 3.63) is 48.0 Å². The summed E-state index contributed by atoms with van der Waals surface area (Å²) in [5.41, 5.74) is 10.7. The van der Waals surface area contributed by atoms with Crippen LogP contribution in [0.2, 0.25) is 0 Å². The van der Waals surface area contributed by atoms with E-state index in [0.717, 1.165) is 41.2 Å². The molecule has 2 aromatic carbocycles. The first-order valence-electron chi connectivity index (χ1n) is 6.86. The van der Waals surface area contributed by atoms with E-state index in [0.29, 0.717) is 0 Å². The number of nitrogens with two attached hydrogens (primary N) is 1. The third kappa shape index (κ3) is 2.59. The lowest BCUT2D eigenvalue weighted by molar-refractivity contribution is 0.922. The summed E-state index contributed by atoms with van der Waals surface area (Å²) in [7, 11) is 0. The van der Waals surface area contributed by atoms with Crippen LogP contribution in [0.5, 0.6) is 0 Å². The van der Waals surface area contributed by atoms with Gasteiger partial charge >= 0.3 is 0 Å². The molecule has 3 rings (SSSR count). The SMILES string of the molecule is CCCc1ccc(Nc2nc3ccc(N)cc3[nH]2)cc1. The maximum absolute atomic E-state index is 5.76. The van der Waals surface area contributed by atoms with Crippen molar-refractivity contribution < 1.29 is 0 Å². The Bertz CT molecular complexity index is 713. The summed E-state index contributed by atoms with van der Waals surface area (Å²) in [5, 5.41) is 3.27. The van der Waals surface area contributed by atoms with Gasteiger partial charge in [-0.05, 0) is 42.3 Å². The number of imidazole rings is 1. The second-order valence-electron chi connectivity index (χ2n) is 4.93. The number of H-pyrrole nitrogens is 1. The number of anilines is 3. The van der Waals surface area contributed by atoms with Gasteiger partial charge in [0.2, 0.25) is 5.95 Å². The fraction of sp³-hybridized carbons (Fsp3) is 0.188. The van der Waals surface area contributed by atoms with E-state index in [9.17, 15) is 0 Å². The number of hydrogen-bond acceptors (Lipinski definition) is 3. The van der Waals surface area contributed by atoms with E-state index in [4.69, 9.17) is 5.73 Å². The fourth-order valence-corrected chi connectivity index (χ4v) is 2.27. The van der Waals surface area contributed by atoms with Crippen molar-refractivity contribution in [2.24, 2.45) is 0 Å². The quantitative estimate of drug-likeness (QED) is 0.628. The number of nitrogen functional groups attached to an aromatic ring is 1. The molecule has 0 amide bonds. The Morgan fingerprint density at radius 1 is 1.15 bits per heavy atom. The molecule has 4 N–H and O–H groups in total. The largest absolute Gasteiger partial charge is 0.399 e. The van der Waals surface area contributed by atoms with Gasteiger partial charge in [-0.2, -0.15) is 0 Å². The van der Waals surface area contributed by atoms with Gasteiger partial charge in [0.25, 0.3) is 0 Å². The normalized spacial score (nSPS) is 10.8. The minimum absolute atomic E-state index is 0.730. The molecule has 0 saturated carbocycles.